The SMILES string of the molecule is CC1CCCCC1N(C)Cc1cc(C(=O)NN)ccc1F. The minimum Gasteiger partial charge on any atom is -0.299 e. The molecule has 2 atom stereocenters. The van der Waals surface area contributed by atoms with E-state index in [1.807, 2.05) is 7.05 Å². The van der Waals surface area contributed by atoms with E-state index in [2.05, 4.69) is 17.2 Å². The number of hydrazine groups is 1. The normalized spacial score (nSPS) is 22.3. The monoisotopic (exact) mass is 293 g/mol. The Kier molecular flexibility index (Phi) is 5.31. The summed E-state index contributed by atoms with van der Waals surface area (Å²) in [6.45, 7) is 2.77. The summed E-state index contributed by atoms with van der Waals surface area (Å²) in [4.78, 5) is 13.7. The molecule has 0 heterocycles. The molecular formula is C16H24FN3O. The maximum absolute atomic E-state index is 14.0. The summed E-state index contributed by atoms with van der Waals surface area (Å²) in [6, 6.07) is 4.84. The Labute approximate surface area is 125 Å². The van der Waals surface area contributed by atoms with Crippen molar-refractivity contribution < 1.29 is 9.18 Å². The quantitative estimate of drug-likeness (QED) is 0.509. The molecule has 2 unspecified atom stereocenters. The minimum absolute atomic E-state index is 0.279. The molecule has 0 radical (unpaired) electrons. The van der Waals surface area contributed by atoms with Gasteiger partial charge in [-0.05, 0) is 44.0 Å². The number of hydrogen-bond donors (Lipinski definition) is 2. The second-order valence-electron chi connectivity index (χ2n) is 6.02. The zero-order valence-electron chi connectivity index (χ0n) is 12.7. The Morgan fingerprint density at radius 3 is 2.81 bits per heavy atom. The average Bonchev–Trinajstić information content (AvgIpc) is 2.49. The first-order valence-electron chi connectivity index (χ1n) is 7.52. The van der Waals surface area contributed by atoms with Crippen LogP contribution in [0.4, 0.5) is 4.39 Å². The highest BCUT2D eigenvalue weighted by Gasteiger charge is 2.25. The molecule has 5 heteroatoms. The second-order valence-corrected chi connectivity index (χ2v) is 6.02. The second kappa shape index (κ2) is 7.00. The average molecular weight is 293 g/mol. The molecule has 0 bridgehead atoms. The Morgan fingerprint density at radius 1 is 1.43 bits per heavy atom. The number of benzene rings is 1. The fourth-order valence-electron chi connectivity index (χ4n) is 3.26. The van der Waals surface area contributed by atoms with Gasteiger partial charge in [0.2, 0.25) is 0 Å². The Bertz CT molecular complexity index is 506. The van der Waals surface area contributed by atoms with Gasteiger partial charge in [0.15, 0.2) is 0 Å². The minimum atomic E-state index is -0.398. The molecule has 0 spiro atoms. The summed E-state index contributed by atoms with van der Waals surface area (Å²) in [5.41, 5.74) is 3.00. The molecule has 1 aromatic carbocycles. The summed E-state index contributed by atoms with van der Waals surface area (Å²) in [5.74, 6) is 5.07. The van der Waals surface area contributed by atoms with Gasteiger partial charge >= 0.3 is 0 Å². The van der Waals surface area contributed by atoms with Gasteiger partial charge in [-0.25, -0.2) is 10.2 Å². The molecular weight excluding hydrogens is 269 g/mol. The number of amides is 1. The smallest absolute Gasteiger partial charge is 0.265 e. The molecule has 1 fully saturated rings. The predicted octanol–water partition coefficient (Wildman–Crippen LogP) is 2.44. The van der Waals surface area contributed by atoms with Crippen LogP contribution < -0.4 is 11.3 Å². The summed E-state index contributed by atoms with van der Waals surface area (Å²) in [7, 11) is 2.03. The number of carbonyl (C=O) groups excluding carboxylic acids is 1. The Hall–Kier alpha value is -1.46. The fourth-order valence-corrected chi connectivity index (χ4v) is 3.26. The molecule has 1 saturated carbocycles. The van der Waals surface area contributed by atoms with Gasteiger partial charge in [0.05, 0.1) is 0 Å². The third-order valence-corrected chi connectivity index (χ3v) is 4.49. The number of halogens is 1. The summed E-state index contributed by atoms with van der Waals surface area (Å²) in [6.07, 6.45) is 4.90. The van der Waals surface area contributed by atoms with E-state index in [0.29, 0.717) is 29.6 Å². The van der Waals surface area contributed by atoms with Crippen LogP contribution in [0.5, 0.6) is 0 Å². The molecule has 4 nitrogen and oxygen atoms in total. The molecule has 1 aliphatic carbocycles. The molecule has 0 aliphatic heterocycles. The lowest BCUT2D eigenvalue weighted by molar-refractivity contribution is 0.0953. The van der Waals surface area contributed by atoms with Gasteiger partial charge in [-0.15, -0.1) is 0 Å². The third kappa shape index (κ3) is 3.80. The lowest BCUT2D eigenvalue weighted by atomic mass is 9.85. The van der Waals surface area contributed by atoms with Crippen LogP contribution in [0.2, 0.25) is 0 Å². The third-order valence-electron chi connectivity index (χ3n) is 4.49. The van der Waals surface area contributed by atoms with Crippen LogP contribution in [0.15, 0.2) is 18.2 Å². The maximum Gasteiger partial charge on any atom is 0.265 e. The van der Waals surface area contributed by atoms with Crippen LogP contribution in [-0.4, -0.2) is 23.9 Å². The van der Waals surface area contributed by atoms with Crippen LogP contribution in [0, 0.1) is 11.7 Å². The van der Waals surface area contributed by atoms with Crippen molar-refractivity contribution in [2.24, 2.45) is 11.8 Å². The number of nitrogens with one attached hydrogen (secondary N) is 1. The summed E-state index contributed by atoms with van der Waals surface area (Å²) >= 11 is 0. The lowest BCUT2D eigenvalue weighted by Crippen LogP contribution is -2.38. The first kappa shape index (κ1) is 15.9. The van der Waals surface area contributed by atoms with Crippen LogP contribution in [0.1, 0.15) is 48.5 Å². The van der Waals surface area contributed by atoms with Gasteiger partial charge in [0.25, 0.3) is 5.91 Å². The molecule has 1 aromatic rings. The van der Waals surface area contributed by atoms with Crippen molar-refractivity contribution in [2.75, 3.05) is 7.05 Å². The van der Waals surface area contributed by atoms with E-state index in [0.717, 1.165) is 6.42 Å². The first-order chi connectivity index (χ1) is 10.0. The zero-order valence-corrected chi connectivity index (χ0v) is 12.7. The molecule has 0 aromatic heterocycles. The van der Waals surface area contributed by atoms with Gasteiger partial charge in [-0.1, -0.05) is 19.8 Å². The van der Waals surface area contributed by atoms with E-state index in [9.17, 15) is 9.18 Å². The predicted molar refractivity (Wildman–Crippen MR) is 80.9 cm³/mol. The molecule has 1 aliphatic rings. The van der Waals surface area contributed by atoms with Gasteiger partial charge in [0, 0.05) is 23.7 Å². The Morgan fingerprint density at radius 2 is 2.14 bits per heavy atom. The van der Waals surface area contributed by atoms with Crippen LogP contribution >= 0.6 is 0 Å². The van der Waals surface area contributed by atoms with Crippen LogP contribution in [0.3, 0.4) is 0 Å². The number of nitrogen functional groups attached to an aromatic ring is 1. The Balaban J connectivity index is 2.12. The van der Waals surface area contributed by atoms with Crippen LogP contribution in [-0.2, 0) is 6.54 Å². The highest BCUT2D eigenvalue weighted by atomic mass is 19.1. The summed E-state index contributed by atoms with van der Waals surface area (Å²) in [5, 5.41) is 0. The van der Waals surface area contributed by atoms with Crippen molar-refractivity contribution in [1.82, 2.24) is 10.3 Å². The highest BCUT2D eigenvalue weighted by molar-refractivity contribution is 5.93. The number of hydrogen-bond acceptors (Lipinski definition) is 3. The number of carbonyl (C=O) groups is 1. The van der Waals surface area contributed by atoms with Gasteiger partial charge in [-0.2, -0.15) is 0 Å². The molecule has 0 saturated heterocycles. The number of nitrogens with two attached hydrogens (primary N) is 1. The molecule has 3 N–H and O–H groups in total. The molecule has 116 valence electrons. The van der Waals surface area contributed by atoms with E-state index < -0.39 is 5.91 Å². The number of rotatable bonds is 4. The van der Waals surface area contributed by atoms with Crippen molar-refractivity contribution in [1.29, 1.82) is 0 Å². The van der Waals surface area contributed by atoms with E-state index >= 15 is 0 Å². The molecule has 2 rings (SSSR count). The van der Waals surface area contributed by atoms with E-state index in [-0.39, 0.29) is 5.82 Å². The maximum atomic E-state index is 14.0. The van der Waals surface area contributed by atoms with Gasteiger partial charge < -0.3 is 0 Å². The van der Waals surface area contributed by atoms with E-state index in [1.54, 1.807) is 6.07 Å². The van der Waals surface area contributed by atoms with Crippen molar-refractivity contribution in [3.63, 3.8) is 0 Å². The van der Waals surface area contributed by atoms with E-state index in [4.69, 9.17) is 5.84 Å². The highest BCUT2D eigenvalue weighted by Crippen LogP contribution is 2.28. The largest absolute Gasteiger partial charge is 0.299 e. The molecule has 1 amide bonds. The van der Waals surface area contributed by atoms with Crippen molar-refractivity contribution in [3.05, 3.63) is 35.1 Å². The van der Waals surface area contributed by atoms with Gasteiger partial charge in [0.1, 0.15) is 5.82 Å². The molecule has 21 heavy (non-hydrogen) atoms. The van der Waals surface area contributed by atoms with Crippen LogP contribution in [0.25, 0.3) is 0 Å². The standard InChI is InChI=1S/C16H24FN3O/c1-11-5-3-4-6-15(11)20(2)10-13-9-12(16(21)19-18)7-8-14(13)17/h7-9,11,15H,3-6,10,18H2,1-2H3,(H,19,21). The topological polar surface area (TPSA) is 58.4 Å². The van der Waals surface area contributed by atoms with Crippen molar-refractivity contribution >= 4 is 5.91 Å². The van der Waals surface area contributed by atoms with E-state index in [1.165, 1.54) is 31.4 Å². The zero-order chi connectivity index (χ0) is 15.4. The fraction of sp³-hybridized carbons (Fsp3) is 0.562. The van der Waals surface area contributed by atoms with Crippen molar-refractivity contribution in [2.45, 2.75) is 45.2 Å². The first-order valence-corrected chi connectivity index (χ1v) is 7.52. The van der Waals surface area contributed by atoms with Gasteiger partial charge in [-0.3, -0.25) is 15.1 Å². The lowest BCUT2D eigenvalue weighted by Gasteiger charge is -2.36. The van der Waals surface area contributed by atoms with Crippen molar-refractivity contribution in [3.8, 4) is 0 Å². The number of nitrogens with zero attached hydrogens (tertiary/aromatic N) is 1. The summed E-state index contributed by atoms with van der Waals surface area (Å²) < 4.78 is 14.0.